The smallest absolute Gasteiger partial charge is 0.0766 e. The summed E-state index contributed by atoms with van der Waals surface area (Å²) in [5, 5.41) is 8.06. The van der Waals surface area contributed by atoms with E-state index in [-0.39, 0.29) is 5.41 Å². The van der Waals surface area contributed by atoms with Crippen LogP contribution in [-0.4, -0.2) is 36.6 Å². The van der Waals surface area contributed by atoms with E-state index in [0.717, 1.165) is 51.3 Å². The fraction of sp³-hybridized carbons (Fsp3) is 0.800. The van der Waals surface area contributed by atoms with Crippen molar-refractivity contribution < 1.29 is 4.74 Å². The van der Waals surface area contributed by atoms with E-state index in [9.17, 15) is 0 Å². The Bertz CT molecular complexity index is 433. The molecule has 0 saturated carbocycles. The van der Waals surface area contributed by atoms with Gasteiger partial charge in [0.15, 0.2) is 0 Å². The first-order valence-electron chi connectivity index (χ1n) is 7.62. The van der Waals surface area contributed by atoms with Crippen LogP contribution in [0.2, 0.25) is 0 Å². The molecule has 5 heteroatoms. The van der Waals surface area contributed by atoms with E-state index in [1.54, 1.807) is 0 Å². The van der Waals surface area contributed by atoms with E-state index in [0.29, 0.717) is 0 Å². The zero-order chi connectivity index (χ0) is 14.6. The van der Waals surface area contributed by atoms with Gasteiger partial charge in [-0.3, -0.25) is 4.68 Å². The summed E-state index contributed by atoms with van der Waals surface area (Å²) in [6.45, 7) is 7.98. The Labute approximate surface area is 130 Å². The van der Waals surface area contributed by atoms with Crippen molar-refractivity contribution in [3.63, 3.8) is 0 Å². The van der Waals surface area contributed by atoms with Gasteiger partial charge < -0.3 is 10.1 Å². The zero-order valence-electron chi connectivity index (χ0n) is 12.8. The first-order chi connectivity index (χ1) is 9.65. The SMILES string of the molecule is CCc1nn(CC)c(CC2(CNC)CCCOC2)c1Br. The van der Waals surface area contributed by atoms with Gasteiger partial charge in [0.25, 0.3) is 0 Å². The Morgan fingerprint density at radius 3 is 2.80 bits per heavy atom. The molecule has 0 bridgehead atoms. The molecular weight excluding hydrogens is 318 g/mol. The predicted octanol–water partition coefficient (Wildman–Crippen LogP) is 2.79. The number of hydrogen-bond donors (Lipinski definition) is 1. The molecule has 1 aliphatic rings. The second-order valence-corrected chi connectivity index (χ2v) is 6.53. The minimum absolute atomic E-state index is 0.202. The highest BCUT2D eigenvalue weighted by atomic mass is 79.9. The van der Waals surface area contributed by atoms with Gasteiger partial charge >= 0.3 is 0 Å². The molecule has 1 atom stereocenters. The molecule has 1 aliphatic heterocycles. The second-order valence-electron chi connectivity index (χ2n) is 5.74. The Hall–Kier alpha value is -0.390. The second kappa shape index (κ2) is 7.05. The molecule has 1 N–H and O–H groups in total. The summed E-state index contributed by atoms with van der Waals surface area (Å²) in [5.41, 5.74) is 2.69. The molecular formula is C15H26BrN3O. The third-order valence-corrected chi connectivity index (χ3v) is 5.11. The highest BCUT2D eigenvalue weighted by Gasteiger charge is 2.34. The zero-order valence-corrected chi connectivity index (χ0v) is 14.4. The minimum atomic E-state index is 0.202. The Balaban J connectivity index is 2.28. The van der Waals surface area contributed by atoms with Crippen molar-refractivity contribution in [2.45, 2.75) is 46.1 Å². The van der Waals surface area contributed by atoms with Crippen LogP contribution in [0.4, 0.5) is 0 Å². The van der Waals surface area contributed by atoms with Crippen molar-refractivity contribution in [1.29, 1.82) is 0 Å². The molecule has 114 valence electrons. The van der Waals surface area contributed by atoms with Crippen LogP contribution in [-0.2, 0) is 24.1 Å². The van der Waals surface area contributed by atoms with Gasteiger partial charge in [-0.1, -0.05) is 6.92 Å². The average Bonchev–Trinajstić information content (AvgIpc) is 2.76. The first-order valence-corrected chi connectivity index (χ1v) is 8.41. The summed E-state index contributed by atoms with van der Waals surface area (Å²) in [5.74, 6) is 0. The molecule has 0 aliphatic carbocycles. The minimum Gasteiger partial charge on any atom is -0.381 e. The normalized spacial score (nSPS) is 23.2. The summed E-state index contributed by atoms with van der Waals surface area (Å²) >= 11 is 3.76. The average molecular weight is 344 g/mol. The number of ether oxygens (including phenoxy) is 1. The summed E-state index contributed by atoms with van der Waals surface area (Å²) < 4.78 is 9.12. The Kier molecular flexibility index (Phi) is 5.64. The standard InChI is InChI=1S/C15H26BrN3O/c1-4-12-14(16)13(19(5-2)18-12)9-15(10-17-3)7-6-8-20-11-15/h17H,4-11H2,1-3H3. The molecule has 20 heavy (non-hydrogen) atoms. The third kappa shape index (κ3) is 3.26. The number of aryl methyl sites for hydroxylation is 2. The fourth-order valence-corrected chi connectivity index (χ4v) is 3.87. The van der Waals surface area contributed by atoms with Crippen molar-refractivity contribution >= 4 is 15.9 Å². The molecule has 0 amide bonds. The van der Waals surface area contributed by atoms with Gasteiger partial charge in [-0.15, -0.1) is 0 Å². The lowest BCUT2D eigenvalue weighted by Gasteiger charge is -2.37. The quantitative estimate of drug-likeness (QED) is 0.863. The molecule has 2 heterocycles. The molecule has 4 nitrogen and oxygen atoms in total. The summed E-state index contributed by atoms with van der Waals surface area (Å²) in [6.07, 6.45) is 4.36. The number of hydrogen-bond acceptors (Lipinski definition) is 3. The molecule has 0 aromatic carbocycles. The first kappa shape index (κ1) is 16.0. The van der Waals surface area contributed by atoms with Gasteiger partial charge in [-0.05, 0) is 55.6 Å². The van der Waals surface area contributed by atoms with Crippen LogP contribution >= 0.6 is 15.9 Å². The van der Waals surface area contributed by atoms with Gasteiger partial charge in [-0.25, -0.2) is 0 Å². The maximum atomic E-state index is 5.77. The van der Waals surface area contributed by atoms with E-state index in [1.807, 2.05) is 7.05 Å². The van der Waals surface area contributed by atoms with Crippen molar-refractivity contribution in [2.24, 2.45) is 5.41 Å². The van der Waals surface area contributed by atoms with Gasteiger partial charge in [0.05, 0.1) is 22.5 Å². The van der Waals surface area contributed by atoms with E-state index in [4.69, 9.17) is 9.84 Å². The van der Waals surface area contributed by atoms with Crippen LogP contribution < -0.4 is 5.32 Å². The van der Waals surface area contributed by atoms with Crippen LogP contribution in [0.15, 0.2) is 4.47 Å². The lowest BCUT2D eigenvalue weighted by Crippen LogP contribution is -2.42. The molecule has 0 radical (unpaired) electrons. The van der Waals surface area contributed by atoms with Crippen molar-refractivity contribution in [3.05, 3.63) is 15.9 Å². The summed E-state index contributed by atoms with van der Waals surface area (Å²) in [6, 6.07) is 0. The molecule has 1 unspecified atom stereocenters. The van der Waals surface area contributed by atoms with Crippen LogP contribution in [0.5, 0.6) is 0 Å². The van der Waals surface area contributed by atoms with E-state index in [2.05, 4.69) is 39.8 Å². The lowest BCUT2D eigenvalue weighted by atomic mass is 9.78. The van der Waals surface area contributed by atoms with Gasteiger partial charge in [-0.2, -0.15) is 5.10 Å². The predicted molar refractivity (Wildman–Crippen MR) is 85.1 cm³/mol. The monoisotopic (exact) mass is 343 g/mol. The number of rotatable bonds is 6. The van der Waals surface area contributed by atoms with Crippen LogP contribution in [0, 0.1) is 5.41 Å². The van der Waals surface area contributed by atoms with Crippen LogP contribution in [0.25, 0.3) is 0 Å². The van der Waals surface area contributed by atoms with E-state index >= 15 is 0 Å². The number of nitrogens with one attached hydrogen (secondary N) is 1. The largest absolute Gasteiger partial charge is 0.381 e. The number of nitrogens with zero attached hydrogens (tertiary/aromatic N) is 2. The molecule has 1 saturated heterocycles. The number of halogens is 1. The third-order valence-electron chi connectivity index (χ3n) is 4.19. The molecule has 1 aromatic heterocycles. The lowest BCUT2D eigenvalue weighted by molar-refractivity contribution is -0.00730. The molecule has 1 aromatic rings. The maximum absolute atomic E-state index is 5.77. The Morgan fingerprint density at radius 1 is 1.45 bits per heavy atom. The fourth-order valence-electron chi connectivity index (χ4n) is 3.17. The van der Waals surface area contributed by atoms with Gasteiger partial charge in [0, 0.05) is 25.1 Å². The van der Waals surface area contributed by atoms with Crippen molar-refractivity contribution in [3.8, 4) is 0 Å². The number of aromatic nitrogens is 2. The van der Waals surface area contributed by atoms with E-state index < -0.39 is 0 Å². The van der Waals surface area contributed by atoms with Gasteiger partial charge in [0.1, 0.15) is 0 Å². The topological polar surface area (TPSA) is 39.1 Å². The van der Waals surface area contributed by atoms with Gasteiger partial charge in [0.2, 0.25) is 0 Å². The van der Waals surface area contributed by atoms with E-state index in [1.165, 1.54) is 16.6 Å². The molecule has 1 fully saturated rings. The highest BCUT2D eigenvalue weighted by molar-refractivity contribution is 9.10. The van der Waals surface area contributed by atoms with Crippen molar-refractivity contribution in [1.82, 2.24) is 15.1 Å². The van der Waals surface area contributed by atoms with Crippen molar-refractivity contribution in [2.75, 3.05) is 26.8 Å². The van der Waals surface area contributed by atoms with Crippen LogP contribution in [0.3, 0.4) is 0 Å². The molecule has 2 rings (SSSR count). The summed E-state index contributed by atoms with van der Waals surface area (Å²) in [7, 11) is 2.03. The summed E-state index contributed by atoms with van der Waals surface area (Å²) in [4.78, 5) is 0. The van der Waals surface area contributed by atoms with Crippen LogP contribution in [0.1, 0.15) is 38.1 Å². The maximum Gasteiger partial charge on any atom is 0.0766 e. The Morgan fingerprint density at radius 2 is 2.25 bits per heavy atom. The highest BCUT2D eigenvalue weighted by Crippen LogP contribution is 2.35. The molecule has 0 spiro atoms.